The highest BCUT2D eigenvalue weighted by Crippen LogP contribution is 2.19. The summed E-state index contributed by atoms with van der Waals surface area (Å²) in [5.74, 6) is -0.0832. The number of carbonyl (C=O) groups is 2. The molecule has 2 N–H and O–H groups in total. The monoisotopic (exact) mass is 214 g/mol. The molecular formula is C10H18N2O3. The van der Waals surface area contributed by atoms with Crippen LogP contribution in [0, 0.1) is 0 Å². The first-order chi connectivity index (χ1) is 7.07. The highest BCUT2D eigenvalue weighted by molar-refractivity contribution is 5.91. The smallest absolute Gasteiger partial charge is 0.410 e. The molecule has 1 aliphatic heterocycles. The molecule has 2 unspecified atom stereocenters. The van der Waals surface area contributed by atoms with Crippen molar-refractivity contribution in [2.45, 2.75) is 38.3 Å². The Hall–Kier alpha value is -1.10. The van der Waals surface area contributed by atoms with Gasteiger partial charge in [-0.15, -0.1) is 0 Å². The predicted octanol–water partition coefficient (Wildman–Crippen LogP) is 0.524. The van der Waals surface area contributed by atoms with Gasteiger partial charge in [0.15, 0.2) is 5.78 Å². The molecule has 0 aromatic carbocycles. The minimum Gasteiger partial charge on any atom is -0.453 e. The van der Waals surface area contributed by atoms with Crippen molar-refractivity contribution in [1.82, 2.24) is 4.90 Å². The van der Waals surface area contributed by atoms with Crippen molar-refractivity contribution in [2.24, 2.45) is 5.73 Å². The number of ketones is 1. The van der Waals surface area contributed by atoms with Gasteiger partial charge in [0.2, 0.25) is 0 Å². The maximum atomic E-state index is 11.8. The molecule has 1 rings (SSSR count). The van der Waals surface area contributed by atoms with E-state index in [2.05, 4.69) is 4.74 Å². The Morgan fingerprint density at radius 1 is 1.47 bits per heavy atom. The zero-order valence-corrected chi connectivity index (χ0v) is 9.23. The third-order valence-electron chi connectivity index (χ3n) is 2.69. The summed E-state index contributed by atoms with van der Waals surface area (Å²) >= 11 is 0. The highest BCUT2D eigenvalue weighted by atomic mass is 16.5. The Kier molecular flexibility index (Phi) is 4.08. The van der Waals surface area contributed by atoms with E-state index in [-0.39, 0.29) is 5.78 Å². The van der Waals surface area contributed by atoms with Gasteiger partial charge in [-0.2, -0.15) is 0 Å². The number of likely N-dealkylation sites (tertiary alicyclic amines) is 1. The number of Topliss-reactive ketones (excluding diaryl/α,β-unsaturated/α-hetero) is 1. The van der Waals surface area contributed by atoms with Gasteiger partial charge in [-0.1, -0.05) is 0 Å². The van der Waals surface area contributed by atoms with E-state index >= 15 is 0 Å². The van der Waals surface area contributed by atoms with Crippen LogP contribution in [0.25, 0.3) is 0 Å². The molecule has 86 valence electrons. The molecule has 2 atom stereocenters. The molecule has 1 fully saturated rings. The Bertz CT molecular complexity index is 253. The van der Waals surface area contributed by atoms with Crippen molar-refractivity contribution in [3.8, 4) is 0 Å². The number of methoxy groups -OCH3 is 1. The normalized spacial score (nSPS) is 23.4. The fraction of sp³-hybridized carbons (Fsp3) is 0.800. The molecule has 1 amide bonds. The van der Waals surface area contributed by atoms with E-state index in [1.165, 1.54) is 12.0 Å². The summed E-state index contributed by atoms with van der Waals surface area (Å²) in [6, 6.07) is -0.925. The molecule has 0 aliphatic carbocycles. The quantitative estimate of drug-likeness (QED) is 0.727. The second kappa shape index (κ2) is 5.11. The van der Waals surface area contributed by atoms with Crippen molar-refractivity contribution >= 4 is 11.9 Å². The summed E-state index contributed by atoms with van der Waals surface area (Å²) in [7, 11) is 1.32. The number of ether oxygens (including phenoxy) is 1. The van der Waals surface area contributed by atoms with Crippen LogP contribution in [-0.2, 0) is 9.53 Å². The topological polar surface area (TPSA) is 72.6 Å². The van der Waals surface area contributed by atoms with Crippen LogP contribution >= 0.6 is 0 Å². The first-order valence-corrected chi connectivity index (χ1v) is 5.21. The van der Waals surface area contributed by atoms with E-state index < -0.39 is 18.2 Å². The summed E-state index contributed by atoms with van der Waals surface area (Å²) in [5, 5.41) is 0. The molecule has 5 nitrogen and oxygen atoms in total. The lowest BCUT2D eigenvalue weighted by Crippen LogP contribution is -2.52. The van der Waals surface area contributed by atoms with Gasteiger partial charge in [0.1, 0.15) is 0 Å². The molecule has 0 spiro atoms. The van der Waals surface area contributed by atoms with Gasteiger partial charge >= 0.3 is 6.09 Å². The van der Waals surface area contributed by atoms with Crippen LogP contribution in [-0.4, -0.2) is 42.5 Å². The molecule has 15 heavy (non-hydrogen) atoms. The van der Waals surface area contributed by atoms with E-state index in [1.807, 2.05) is 0 Å². The summed E-state index contributed by atoms with van der Waals surface area (Å²) in [4.78, 5) is 24.7. The van der Waals surface area contributed by atoms with Crippen LogP contribution in [0.15, 0.2) is 0 Å². The second-order valence-electron chi connectivity index (χ2n) is 3.87. The molecule has 0 aromatic rings. The van der Waals surface area contributed by atoms with E-state index in [4.69, 9.17) is 5.73 Å². The largest absolute Gasteiger partial charge is 0.453 e. The van der Waals surface area contributed by atoms with Gasteiger partial charge in [-0.3, -0.25) is 9.69 Å². The van der Waals surface area contributed by atoms with Crippen LogP contribution in [0.1, 0.15) is 26.2 Å². The molecule has 1 heterocycles. The summed E-state index contributed by atoms with van der Waals surface area (Å²) < 4.78 is 4.64. The number of amides is 1. The van der Waals surface area contributed by atoms with Crippen LogP contribution in [0.5, 0.6) is 0 Å². The molecule has 1 aliphatic rings. The summed E-state index contributed by atoms with van der Waals surface area (Å²) in [5.41, 5.74) is 5.54. The molecule has 0 saturated carbocycles. The van der Waals surface area contributed by atoms with E-state index in [1.54, 1.807) is 6.92 Å². The van der Waals surface area contributed by atoms with Crippen LogP contribution in [0.3, 0.4) is 0 Å². The fourth-order valence-electron chi connectivity index (χ4n) is 1.87. The molecule has 1 saturated heterocycles. The molecule has 5 heteroatoms. The van der Waals surface area contributed by atoms with Crippen LogP contribution in [0.2, 0.25) is 0 Å². The maximum Gasteiger partial charge on any atom is 0.410 e. The van der Waals surface area contributed by atoms with Crippen molar-refractivity contribution in [3.63, 3.8) is 0 Å². The van der Waals surface area contributed by atoms with E-state index in [0.29, 0.717) is 13.0 Å². The first-order valence-electron chi connectivity index (χ1n) is 5.21. The van der Waals surface area contributed by atoms with Crippen LogP contribution in [0.4, 0.5) is 4.79 Å². The third kappa shape index (κ3) is 2.68. The van der Waals surface area contributed by atoms with Gasteiger partial charge in [-0.25, -0.2) is 4.79 Å². The Morgan fingerprint density at radius 2 is 2.13 bits per heavy atom. The summed E-state index contributed by atoms with van der Waals surface area (Å²) in [6.45, 7) is 2.22. The van der Waals surface area contributed by atoms with Crippen molar-refractivity contribution in [1.29, 1.82) is 0 Å². The van der Waals surface area contributed by atoms with Crippen molar-refractivity contribution in [3.05, 3.63) is 0 Å². The highest BCUT2D eigenvalue weighted by Gasteiger charge is 2.33. The SMILES string of the molecule is COC(=O)N1CCCCC1C(=O)C(C)N. The average Bonchev–Trinajstić information content (AvgIpc) is 2.27. The lowest BCUT2D eigenvalue weighted by molar-refractivity contribution is -0.125. The van der Waals surface area contributed by atoms with E-state index in [9.17, 15) is 9.59 Å². The van der Waals surface area contributed by atoms with Gasteiger partial charge in [0, 0.05) is 6.54 Å². The summed E-state index contributed by atoms with van der Waals surface area (Å²) in [6.07, 6.45) is 2.12. The minimum absolute atomic E-state index is 0.0832. The van der Waals surface area contributed by atoms with E-state index in [0.717, 1.165) is 12.8 Å². The predicted molar refractivity (Wildman–Crippen MR) is 55.4 cm³/mol. The van der Waals surface area contributed by atoms with Gasteiger partial charge in [0.05, 0.1) is 19.2 Å². The maximum absolute atomic E-state index is 11.8. The van der Waals surface area contributed by atoms with Crippen molar-refractivity contribution < 1.29 is 14.3 Å². The standard InChI is InChI=1S/C10H18N2O3/c1-7(11)9(13)8-5-3-4-6-12(8)10(14)15-2/h7-8H,3-6,11H2,1-2H3. The number of carbonyl (C=O) groups excluding carboxylic acids is 2. The lowest BCUT2D eigenvalue weighted by Gasteiger charge is -2.34. The molecule has 0 bridgehead atoms. The molecular weight excluding hydrogens is 196 g/mol. The number of hydrogen-bond donors (Lipinski definition) is 1. The number of nitrogens with zero attached hydrogens (tertiary/aromatic N) is 1. The Labute approximate surface area is 89.6 Å². The van der Waals surface area contributed by atoms with Gasteiger partial charge in [0.25, 0.3) is 0 Å². The fourth-order valence-corrected chi connectivity index (χ4v) is 1.87. The number of rotatable bonds is 2. The van der Waals surface area contributed by atoms with Crippen LogP contribution < -0.4 is 5.73 Å². The Morgan fingerprint density at radius 3 is 2.67 bits per heavy atom. The minimum atomic E-state index is -0.528. The van der Waals surface area contributed by atoms with Gasteiger partial charge < -0.3 is 10.5 Å². The number of hydrogen-bond acceptors (Lipinski definition) is 4. The third-order valence-corrected chi connectivity index (χ3v) is 2.69. The molecule has 0 aromatic heterocycles. The molecule has 0 radical (unpaired) electrons. The van der Waals surface area contributed by atoms with Crippen molar-refractivity contribution in [2.75, 3.05) is 13.7 Å². The first kappa shape index (κ1) is 12.0. The number of piperidine rings is 1. The Balaban J connectivity index is 2.73. The average molecular weight is 214 g/mol. The zero-order valence-electron chi connectivity index (χ0n) is 9.23. The lowest BCUT2D eigenvalue weighted by atomic mass is 9.96. The number of nitrogens with two attached hydrogens (primary N) is 1. The zero-order chi connectivity index (χ0) is 11.4. The second-order valence-corrected chi connectivity index (χ2v) is 3.87. The van der Waals surface area contributed by atoms with Gasteiger partial charge in [-0.05, 0) is 26.2 Å².